The van der Waals surface area contributed by atoms with E-state index >= 15 is 0 Å². The number of rotatable bonds is 3. The molecule has 292 valence electrons. The predicted octanol–water partition coefficient (Wildman–Crippen LogP) is 13.6. The number of fused-ring (bicyclic) bond motifs is 7. The third-order valence-corrected chi connectivity index (χ3v) is 14.7. The maximum atomic E-state index is 7.49. The van der Waals surface area contributed by atoms with Crippen molar-refractivity contribution in [3.8, 4) is 0 Å². The van der Waals surface area contributed by atoms with Crippen molar-refractivity contribution in [2.24, 2.45) is 0 Å². The van der Waals surface area contributed by atoms with Crippen molar-refractivity contribution in [1.82, 2.24) is 0 Å². The molecule has 0 radical (unpaired) electrons. The molecular formula is C53H54BIN2O. The lowest BCUT2D eigenvalue weighted by Gasteiger charge is -2.43. The summed E-state index contributed by atoms with van der Waals surface area (Å²) in [7, 11) is 0. The first-order valence-corrected chi connectivity index (χ1v) is 22.4. The topological polar surface area (TPSA) is 19.6 Å². The van der Waals surface area contributed by atoms with Crippen molar-refractivity contribution < 1.29 is 4.42 Å². The Balaban J connectivity index is 1.32. The smallest absolute Gasteiger partial charge is 0.297 e. The number of para-hydroxylation sites is 1. The molecule has 0 amide bonds. The van der Waals surface area contributed by atoms with Gasteiger partial charge in [0.05, 0.1) is 17.0 Å². The van der Waals surface area contributed by atoms with Crippen LogP contribution in [0, 0.1) is 6.92 Å². The number of allylic oxidation sites excluding steroid dienone is 4. The number of hydrogen-bond acceptors (Lipinski definition) is 3. The van der Waals surface area contributed by atoms with Gasteiger partial charge in [-0.1, -0.05) is 138 Å². The summed E-state index contributed by atoms with van der Waals surface area (Å²) in [5.74, 6) is 0.766. The Morgan fingerprint density at radius 2 is 1.47 bits per heavy atom. The minimum Gasteiger partial charge on any atom is -0.468 e. The molecule has 6 aromatic rings. The van der Waals surface area contributed by atoms with Crippen LogP contribution < -0.4 is 26.4 Å². The molecule has 2 unspecified atom stereocenters. The second-order valence-electron chi connectivity index (χ2n) is 19.7. The highest BCUT2D eigenvalue weighted by Crippen LogP contribution is 2.53. The second kappa shape index (κ2) is 13.3. The van der Waals surface area contributed by atoms with E-state index in [2.05, 4.69) is 210 Å². The van der Waals surface area contributed by atoms with Gasteiger partial charge in [0.2, 0.25) is 0 Å². The summed E-state index contributed by atoms with van der Waals surface area (Å²) in [6, 6.07) is 35.5. The van der Waals surface area contributed by atoms with Gasteiger partial charge in [0.1, 0.15) is 5.58 Å². The summed E-state index contributed by atoms with van der Waals surface area (Å²) >= 11 is 2.70. The fraction of sp³-hybridized carbons (Fsp3) is 0.321. The van der Waals surface area contributed by atoms with Crippen LogP contribution in [0.3, 0.4) is 0 Å². The number of nitrogens with zero attached hydrogens (tertiary/aromatic N) is 2. The van der Waals surface area contributed by atoms with Crippen LogP contribution in [0.1, 0.15) is 120 Å². The molecule has 0 fully saturated rings. The molecule has 0 saturated heterocycles. The van der Waals surface area contributed by atoms with E-state index in [1.165, 1.54) is 96.7 Å². The van der Waals surface area contributed by atoms with Crippen LogP contribution in [0.5, 0.6) is 0 Å². The van der Waals surface area contributed by atoms with Gasteiger partial charge in [0, 0.05) is 37.5 Å². The zero-order valence-electron chi connectivity index (χ0n) is 35.5. The first kappa shape index (κ1) is 37.8. The first-order chi connectivity index (χ1) is 27.6. The number of benzene rings is 5. The Morgan fingerprint density at radius 3 is 2.17 bits per heavy atom. The SMILES string of the molecule is Cc1cc2c3c(c1)N(c1ccccc1C1C=CC=CC1)c1c(oc4cc5c(cc14)[C@H](C)CCC5(C)I)B3c1cc(C(C)(C)C)ccc1N2c1ccc(C(C)(C)C)cc1. The molecule has 3 heterocycles. The van der Waals surface area contributed by atoms with Crippen LogP contribution in [-0.4, -0.2) is 6.71 Å². The Kier molecular flexibility index (Phi) is 8.63. The summed E-state index contributed by atoms with van der Waals surface area (Å²) in [5.41, 5.74) is 20.1. The molecule has 3 atom stereocenters. The van der Waals surface area contributed by atoms with Gasteiger partial charge < -0.3 is 14.2 Å². The first-order valence-electron chi connectivity index (χ1n) is 21.3. The minimum atomic E-state index is -0.0863. The molecule has 0 bridgehead atoms. The lowest BCUT2D eigenvalue weighted by molar-refractivity contribution is 0.511. The maximum Gasteiger partial charge on any atom is 0.297 e. The number of hydrogen-bond donors (Lipinski definition) is 0. The van der Waals surface area contributed by atoms with Gasteiger partial charge in [-0.2, -0.15) is 0 Å². The van der Waals surface area contributed by atoms with E-state index in [9.17, 15) is 0 Å². The molecule has 2 aliphatic carbocycles. The quantitative estimate of drug-likeness (QED) is 0.100. The van der Waals surface area contributed by atoms with Gasteiger partial charge in [-0.3, -0.25) is 0 Å². The van der Waals surface area contributed by atoms with E-state index in [0.717, 1.165) is 17.7 Å². The maximum absolute atomic E-state index is 7.49. The summed E-state index contributed by atoms with van der Waals surface area (Å²) in [4.78, 5) is 5.14. The van der Waals surface area contributed by atoms with Gasteiger partial charge in [0.25, 0.3) is 6.71 Å². The van der Waals surface area contributed by atoms with E-state index in [4.69, 9.17) is 4.42 Å². The Labute approximate surface area is 359 Å². The number of anilines is 6. The highest BCUT2D eigenvalue weighted by Gasteiger charge is 2.48. The van der Waals surface area contributed by atoms with Crippen molar-refractivity contribution in [2.45, 2.75) is 108 Å². The van der Waals surface area contributed by atoms with Crippen LogP contribution in [-0.2, 0) is 14.3 Å². The normalized spacial score (nSPS) is 20.9. The van der Waals surface area contributed by atoms with Crippen LogP contribution in [0.15, 0.2) is 120 Å². The summed E-state index contributed by atoms with van der Waals surface area (Å²) in [6.45, 7) is 20.9. The van der Waals surface area contributed by atoms with Crippen molar-refractivity contribution in [3.63, 3.8) is 0 Å². The zero-order valence-corrected chi connectivity index (χ0v) is 37.7. The fourth-order valence-corrected chi connectivity index (χ4v) is 11.0. The van der Waals surface area contributed by atoms with E-state index in [1.807, 2.05) is 0 Å². The molecular weight excluding hydrogens is 818 g/mol. The molecule has 4 aliphatic rings. The standard InChI is InChI=1S/C53H54BIN2O/c1-32-27-45-48-46(28-32)57(43-18-14-13-17-38(43)34-15-11-10-12-16-34)49-40-30-39-33(2)25-26-53(9,55)41(39)31-47(40)58-50(49)54(48)42-29-36(52(6,7)8)21-24-44(42)56(45)37-22-19-35(20-23-37)51(3,4)5/h10-15,17-24,27-31,33-34H,16,25-26H2,1-9H3/t33-,34?,53?/m1/s1. The van der Waals surface area contributed by atoms with Crippen LogP contribution in [0.2, 0.25) is 0 Å². The van der Waals surface area contributed by atoms with E-state index < -0.39 is 0 Å². The van der Waals surface area contributed by atoms with E-state index in [-0.39, 0.29) is 26.9 Å². The fourth-order valence-electron chi connectivity index (χ4n) is 10.2. The lowest BCUT2D eigenvalue weighted by Crippen LogP contribution is -2.61. The molecule has 0 spiro atoms. The van der Waals surface area contributed by atoms with Gasteiger partial charge in [-0.25, -0.2) is 0 Å². The molecule has 5 heteroatoms. The van der Waals surface area contributed by atoms with Crippen LogP contribution in [0.4, 0.5) is 34.1 Å². The van der Waals surface area contributed by atoms with Crippen molar-refractivity contribution in [2.75, 3.05) is 9.80 Å². The minimum absolute atomic E-state index is 0.0250. The zero-order chi connectivity index (χ0) is 40.5. The van der Waals surface area contributed by atoms with Crippen molar-refractivity contribution in [1.29, 1.82) is 0 Å². The van der Waals surface area contributed by atoms with Crippen LogP contribution in [0.25, 0.3) is 11.0 Å². The van der Waals surface area contributed by atoms with Gasteiger partial charge in [-0.05, 0) is 143 Å². The van der Waals surface area contributed by atoms with E-state index in [0.29, 0.717) is 5.92 Å². The molecule has 1 aromatic heterocycles. The Morgan fingerprint density at radius 1 is 0.759 bits per heavy atom. The van der Waals surface area contributed by atoms with Gasteiger partial charge >= 0.3 is 0 Å². The number of halogens is 1. The molecule has 0 N–H and O–H groups in total. The molecule has 2 aliphatic heterocycles. The second-order valence-corrected chi connectivity index (χ2v) is 22.1. The molecule has 10 rings (SSSR count). The summed E-state index contributed by atoms with van der Waals surface area (Å²) in [5, 5.41) is 1.21. The largest absolute Gasteiger partial charge is 0.468 e. The molecule has 5 aromatic carbocycles. The van der Waals surface area contributed by atoms with Crippen LogP contribution >= 0.6 is 22.6 Å². The predicted molar refractivity (Wildman–Crippen MR) is 257 cm³/mol. The average molecular weight is 873 g/mol. The van der Waals surface area contributed by atoms with Crippen molar-refractivity contribution >= 4 is 91.0 Å². The molecule has 58 heavy (non-hydrogen) atoms. The Hall–Kier alpha value is -4.49. The third-order valence-electron chi connectivity index (χ3n) is 13.5. The average Bonchev–Trinajstić information content (AvgIpc) is 3.56. The number of furan rings is 1. The van der Waals surface area contributed by atoms with Gasteiger partial charge in [-0.15, -0.1) is 0 Å². The van der Waals surface area contributed by atoms with Crippen molar-refractivity contribution in [3.05, 3.63) is 149 Å². The third kappa shape index (κ3) is 5.88. The molecule has 0 saturated carbocycles. The van der Waals surface area contributed by atoms with E-state index in [1.54, 1.807) is 0 Å². The van der Waals surface area contributed by atoms with Gasteiger partial charge in [0.15, 0.2) is 0 Å². The number of aryl methyl sites for hydroxylation is 1. The summed E-state index contributed by atoms with van der Waals surface area (Å²) < 4.78 is 7.55. The summed E-state index contributed by atoms with van der Waals surface area (Å²) in [6.07, 6.45) is 12.4. The lowest BCUT2D eigenvalue weighted by atomic mass is 9.35. The molecule has 3 nitrogen and oxygen atoms in total. The monoisotopic (exact) mass is 872 g/mol. The Bertz CT molecular complexity index is 2700. The number of alkyl halides is 1. The highest BCUT2D eigenvalue weighted by molar-refractivity contribution is 14.1. The highest BCUT2D eigenvalue weighted by atomic mass is 127.